The molecular weight excluding hydrogens is 672 g/mol. The van der Waals surface area contributed by atoms with Crippen molar-refractivity contribution in [2.24, 2.45) is 0 Å². The van der Waals surface area contributed by atoms with Gasteiger partial charge in [-0.25, -0.2) is 21.3 Å². The van der Waals surface area contributed by atoms with E-state index in [-0.39, 0.29) is 68.8 Å². The van der Waals surface area contributed by atoms with Crippen molar-refractivity contribution in [2.75, 3.05) is 12.3 Å². The van der Waals surface area contributed by atoms with E-state index in [0.29, 0.717) is 36.4 Å². The summed E-state index contributed by atoms with van der Waals surface area (Å²) in [4.78, 5) is 0.934. The minimum atomic E-state index is -4.63. The number of quaternary nitrogens is 1. The number of hydrogen-bond donors (Lipinski definition) is 0. The number of thioether (sulfide) groups is 1. The van der Waals surface area contributed by atoms with Crippen LogP contribution in [0.3, 0.4) is 0 Å². The molecule has 0 aliphatic carbocycles. The number of rotatable bonds is 8. The zero-order valence-corrected chi connectivity index (χ0v) is 31.8. The molecule has 2 unspecified atom stereocenters. The second kappa shape index (κ2) is 13.7. The number of aryl methyl sites for hydroxylation is 3. The van der Waals surface area contributed by atoms with Gasteiger partial charge in [0.25, 0.3) is 5.52 Å². The molecule has 3 aromatic carbocycles. The van der Waals surface area contributed by atoms with Gasteiger partial charge in [0, 0.05) is 31.1 Å². The molecule has 3 heterocycles. The van der Waals surface area contributed by atoms with Crippen LogP contribution >= 0.6 is 11.8 Å². The Bertz CT molecular complexity index is 2090. The largest absolute Gasteiger partial charge is 1.00 e. The summed E-state index contributed by atoms with van der Waals surface area (Å²) >= 11 is 1.48. The quantitative estimate of drug-likeness (QED) is 0.118. The van der Waals surface area contributed by atoms with E-state index in [0.717, 1.165) is 43.4 Å². The summed E-state index contributed by atoms with van der Waals surface area (Å²) in [7, 11) is -9.14. The van der Waals surface area contributed by atoms with Crippen LogP contribution in [-0.2, 0) is 26.8 Å². The van der Waals surface area contributed by atoms with E-state index in [1.807, 2.05) is 81.4 Å². The van der Waals surface area contributed by atoms with E-state index in [9.17, 15) is 25.9 Å². The average molecular weight is 706 g/mol. The Hall–Kier alpha value is -1.62. The maximum Gasteiger partial charge on any atom is 1.00 e. The van der Waals surface area contributed by atoms with Gasteiger partial charge in [-0.3, -0.25) is 0 Å². The first-order valence-electron chi connectivity index (χ1n) is 14.8. The van der Waals surface area contributed by atoms with Crippen molar-refractivity contribution in [1.29, 1.82) is 0 Å². The second-order valence-electron chi connectivity index (χ2n) is 11.6. The Labute approximate surface area is 316 Å². The van der Waals surface area contributed by atoms with Crippen molar-refractivity contribution in [3.63, 3.8) is 0 Å². The minimum Gasteiger partial charge on any atom is -0.748 e. The molecule has 236 valence electrons. The van der Waals surface area contributed by atoms with Crippen LogP contribution in [-0.4, -0.2) is 43.6 Å². The van der Waals surface area contributed by atoms with Crippen molar-refractivity contribution in [3.05, 3.63) is 94.4 Å². The van der Waals surface area contributed by atoms with Crippen LogP contribution in [0.15, 0.2) is 86.7 Å². The number of benzene rings is 3. The van der Waals surface area contributed by atoms with Crippen LogP contribution in [0, 0.1) is 13.8 Å². The van der Waals surface area contributed by atoms with E-state index in [1.165, 1.54) is 11.8 Å². The average Bonchev–Trinajstić information content (AvgIpc) is 3.66. The van der Waals surface area contributed by atoms with Crippen molar-refractivity contribution in [3.8, 4) is 11.1 Å². The summed E-state index contributed by atoms with van der Waals surface area (Å²) in [5, 5.41) is -0.381. The molecule has 2 atom stereocenters. The molecule has 0 saturated carbocycles. The number of oxazole rings is 1. The fourth-order valence-electron chi connectivity index (χ4n) is 6.41. The first-order valence-corrected chi connectivity index (χ1v) is 18.7. The number of fused-ring (bicyclic) bond motifs is 3. The molecule has 2 aliphatic rings. The van der Waals surface area contributed by atoms with Crippen molar-refractivity contribution >= 4 is 54.9 Å². The first kappa shape index (κ1) is 35.7. The first-order chi connectivity index (χ1) is 21.3. The van der Waals surface area contributed by atoms with Crippen LogP contribution in [0.4, 0.5) is 5.69 Å². The molecular formula is C33H34KN2O7S3+. The predicted molar refractivity (Wildman–Crippen MR) is 174 cm³/mol. The van der Waals surface area contributed by atoms with Gasteiger partial charge in [-0.05, 0) is 72.0 Å². The van der Waals surface area contributed by atoms with Crippen molar-refractivity contribution in [2.45, 2.75) is 56.8 Å². The molecule has 0 bridgehead atoms. The van der Waals surface area contributed by atoms with Gasteiger partial charge in [0.15, 0.2) is 32.8 Å². The Morgan fingerprint density at radius 2 is 1.74 bits per heavy atom. The minimum absolute atomic E-state index is 0. The van der Waals surface area contributed by atoms with Gasteiger partial charge in [0.2, 0.25) is 5.58 Å². The van der Waals surface area contributed by atoms with Crippen molar-refractivity contribution < 1.29 is 86.3 Å². The summed E-state index contributed by atoms with van der Waals surface area (Å²) in [6.07, 6.45) is 5.16. The number of nitrogens with zero attached hydrogens (tertiary/aromatic N) is 2. The molecule has 4 aromatic rings. The molecule has 6 rings (SSSR count). The van der Waals surface area contributed by atoms with Gasteiger partial charge in [-0.1, -0.05) is 43.3 Å². The van der Waals surface area contributed by atoms with E-state index in [4.69, 9.17) is 4.42 Å². The van der Waals surface area contributed by atoms with Crippen LogP contribution in [0.2, 0.25) is 0 Å². The molecule has 0 radical (unpaired) electrons. The fraction of sp³-hybridized carbons (Fsp3) is 0.303. The number of allylic oxidation sites excluding steroid dienone is 2. The SMILES string of the molecule is CC/C(C=C1Sc2cc(C)c(C)cc2[N+]12CCCC2S(=O)(=O)[O-])=C\c1oc2ccc(-c3ccccc3)cc2[n+]1CCS(=O)(=O)[O-].[K+]. The molecule has 13 heteroatoms. The zero-order chi connectivity index (χ0) is 32.1. The van der Waals surface area contributed by atoms with Gasteiger partial charge in [-0.15, -0.1) is 0 Å². The summed E-state index contributed by atoms with van der Waals surface area (Å²) in [6.45, 7) is 6.34. The topological polar surface area (TPSA) is 131 Å². The summed E-state index contributed by atoms with van der Waals surface area (Å²) in [5.41, 5.74) is 6.80. The van der Waals surface area contributed by atoms with Gasteiger partial charge in [-0.2, -0.15) is 4.57 Å². The summed E-state index contributed by atoms with van der Waals surface area (Å²) in [5.74, 6) is -0.251. The van der Waals surface area contributed by atoms with E-state index < -0.39 is 31.4 Å². The number of aromatic nitrogens is 1. The molecule has 46 heavy (non-hydrogen) atoms. The summed E-state index contributed by atoms with van der Waals surface area (Å²) < 4.78 is 80.9. The van der Waals surface area contributed by atoms with E-state index in [1.54, 1.807) is 10.6 Å². The third kappa shape index (κ3) is 6.92. The standard InChI is InChI=1S/C33H34N2O7S3.K/c1-4-24(20-32-35(15-8-11-33(35)45(39,40)41)28-17-22(2)23(3)18-30(28)43-32)19-31-34(14-16-44(36,37)38)27-21-26(12-13-29(27)42-31)25-9-6-5-7-10-25;/h5-7,9-10,12-13,17-21,33H,4,8,11,14-16H2,1-3H3;/q;+1/b24-19+,32-20?;. The maximum absolute atomic E-state index is 12.7. The Balaban J connectivity index is 0.00000417. The Morgan fingerprint density at radius 1 is 1.02 bits per heavy atom. The molecule has 1 fully saturated rings. The normalized spacial score (nSPS) is 20.8. The van der Waals surface area contributed by atoms with Crippen LogP contribution in [0.5, 0.6) is 0 Å². The van der Waals surface area contributed by atoms with Gasteiger partial charge in [0.1, 0.15) is 10.1 Å². The van der Waals surface area contributed by atoms with Gasteiger partial charge in [0.05, 0.1) is 23.3 Å². The van der Waals surface area contributed by atoms with Gasteiger partial charge >= 0.3 is 57.3 Å². The fourth-order valence-corrected chi connectivity index (χ4v) is 9.59. The molecule has 0 N–H and O–H groups in total. The second-order valence-corrected chi connectivity index (χ2v) is 15.8. The summed E-state index contributed by atoms with van der Waals surface area (Å²) in [6, 6.07) is 19.5. The van der Waals surface area contributed by atoms with Crippen LogP contribution in [0.25, 0.3) is 28.3 Å². The molecule has 0 amide bonds. The number of hydrogen-bond acceptors (Lipinski definition) is 8. The molecule has 9 nitrogen and oxygen atoms in total. The van der Waals surface area contributed by atoms with E-state index in [2.05, 4.69) is 6.07 Å². The molecule has 2 aliphatic heterocycles. The van der Waals surface area contributed by atoms with Gasteiger partial charge < -0.3 is 13.5 Å². The Kier molecular flexibility index (Phi) is 10.6. The van der Waals surface area contributed by atoms with Crippen LogP contribution in [0.1, 0.15) is 43.2 Å². The molecule has 1 saturated heterocycles. The van der Waals surface area contributed by atoms with Crippen molar-refractivity contribution in [1.82, 2.24) is 4.48 Å². The maximum atomic E-state index is 12.7. The van der Waals surface area contributed by atoms with E-state index >= 15 is 0 Å². The third-order valence-corrected chi connectivity index (χ3v) is 12.0. The van der Waals surface area contributed by atoms with Crippen LogP contribution < -0.4 is 60.4 Å². The smallest absolute Gasteiger partial charge is 0.748 e. The molecule has 1 spiro atoms. The monoisotopic (exact) mass is 705 g/mol. The molecule has 1 aromatic heterocycles. The zero-order valence-electron chi connectivity index (χ0n) is 26.2. The Morgan fingerprint density at radius 3 is 2.41 bits per heavy atom. The third-order valence-electron chi connectivity index (χ3n) is 8.83. The predicted octanol–water partition coefficient (Wildman–Crippen LogP) is 2.97.